The topological polar surface area (TPSA) is 99.5 Å². The van der Waals surface area contributed by atoms with Gasteiger partial charge in [-0.05, 0) is 39.0 Å². The second kappa shape index (κ2) is 6.11. The molecule has 7 heteroatoms. The fourth-order valence-corrected chi connectivity index (χ4v) is 1.71. The largest absolute Gasteiger partial charge is 0.490 e. The minimum absolute atomic E-state index is 0.0330. The number of hydrogen-bond donors (Lipinski definition) is 2. The van der Waals surface area contributed by atoms with Crippen molar-refractivity contribution < 1.29 is 19.1 Å². The van der Waals surface area contributed by atoms with Crippen LogP contribution >= 0.6 is 0 Å². The number of nitrogens with one attached hydrogen (secondary N) is 1. The first-order valence-electron chi connectivity index (χ1n) is 6.53. The number of fused-ring (bicyclic) bond motifs is 1. The Balaban J connectivity index is 1.97. The second-order valence-corrected chi connectivity index (χ2v) is 5.59. The van der Waals surface area contributed by atoms with Crippen LogP contribution in [0.15, 0.2) is 24.4 Å². The molecule has 21 heavy (non-hydrogen) atoms. The van der Waals surface area contributed by atoms with Crippen molar-refractivity contribution in [2.45, 2.75) is 32.5 Å². The van der Waals surface area contributed by atoms with E-state index in [4.69, 9.17) is 15.4 Å². The maximum Gasteiger partial charge on any atom is 0.341 e. The highest BCUT2D eigenvalue weighted by Crippen LogP contribution is 2.19. The summed E-state index contributed by atoms with van der Waals surface area (Å²) in [7, 11) is 0. The maximum absolute atomic E-state index is 11.9. The summed E-state index contributed by atoms with van der Waals surface area (Å²) < 4.78 is 10.7. The number of rotatable bonds is 5. The average Bonchev–Trinajstić information content (AvgIpc) is 2.84. The molecule has 0 bridgehead atoms. The average molecular weight is 293 g/mol. The minimum atomic E-state index is -0.982. The molecule has 114 valence electrons. The summed E-state index contributed by atoms with van der Waals surface area (Å²) in [6, 6.07) is 5.41. The maximum atomic E-state index is 11.9. The van der Waals surface area contributed by atoms with E-state index in [0.717, 1.165) is 10.9 Å². The van der Waals surface area contributed by atoms with Crippen LogP contribution in [0.5, 0.6) is 5.75 Å². The molecule has 1 aromatic heterocycles. The van der Waals surface area contributed by atoms with Crippen LogP contribution in [0.25, 0.3) is 10.9 Å². The van der Waals surface area contributed by atoms with Gasteiger partial charge in [-0.25, -0.2) is 10.7 Å². The molecule has 2 rings (SSSR count). The third-order valence-corrected chi connectivity index (χ3v) is 2.65. The molecule has 3 N–H and O–H groups in total. The minimum Gasteiger partial charge on any atom is -0.490 e. The molecule has 0 amide bonds. The Morgan fingerprint density at radius 3 is 2.86 bits per heavy atom. The van der Waals surface area contributed by atoms with E-state index < -0.39 is 17.7 Å². The molecule has 1 heterocycles. The van der Waals surface area contributed by atoms with Crippen LogP contribution < -0.4 is 10.6 Å². The van der Waals surface area contributed by atoms with Crippen molar-refractivity contribution in [1.29, 1.82) is 0 Å². The van der Waals surface area contributed by atoms with Crippen LogP contribution in [0.4, 0.5) is 0 Å². The van der Waals surface area contributed by atoms with Gasteiger partial charge in [0.05, 0.1) is 11.7 Å². The van der Waals surface area contributed by atoms with Gasteiger partial charge in [-0.15, -0.1) is 0 Å². The molecule has 0 fully saturated rings. The Kier molecular flexibility index (Phi) is 4.44. The Hall–Kier alpha value is -2.12. The van der Waals surface area contributed by atoms with Crippen molar-refractivity contribution in [2.75, 3.05) is 6.61 Å². The molecule has 1 aromatic carbocycles. The van der Waals surface area contributed by atoms with Gasteiger partial charge in [0.1, 0.15) is 18.0 Å². The Morgan fingerprint density at radius 1 is 1.43 bits per heavy atom. The molecule has 2 aromatic rings. The molecule has 7 nitrogen and oxygen atoms in total. The zero-order valence-corrected chi connectivity index (χ0v) is 12.3. The van der Waals surface area contributed by atoms with Gasteiger partial charge in [0.2, 0.25) is 6.10 Å². The number of benzene rings is 1. The number of aromatic amines is 1. The smallest absolute Gasteiger partial charge is 0.341 e. The Labute approximate surface area is 122 Å². The quantitative estimate of drug-likeness (QED) is 0.641. The van der Waals surface area contributed by atoms with E-state index >= 15 is 0 Å². The van der Waals surface area contributed by atoms with E-state index in [2.05, 4.69) is 15.0 Å². The molecule has 0 saturated heterocycles. The van der Waals surface area contributed by atoms with Crippen molar-refractivity contribution in [3.63, 3.8) is 0 Å². The summed E-state index contributed by atoms with van der Waals surface area (Å²) in [5.74, 6) is 5.17. The van der Waals surface area contributed by atoms with E-state index in [9.17, 15) is 4.79 Å². The predicted octanol–water partition coefficient (Wildman–Crippen LogP) is 1.54. The van der Waals surface area contributed by atoms with Gasteiger partial charge in [-0.2, -0.15) is 5.10 Å². The van der Waals surface area contributed by atoms with E-state index in [1.807, 2.05) is 12.1 Å². The fraction of sp³-hybridized carbons (Fsp3) is 0.429. The lowest BCUT2D eigenvalue weighted by molar-refractivity contribution is -0.170. The summed E-state index contributed by atoms with van der Waals surface area (Å²) >= 11 is 0. The third-order valence-electron chi connectivity index (χ3n) is 2.65. The van der Waals surface area contributed by atoms with E-state index in [-0.39, 0.29) is 6.61 Å². The molecular formula is C14H19N3O4. The van der Waals surface area contributed by atoms with Crippen molar-refractivity contribution >= 4 is 16.9 Å². The number of H-pyrrole nitrogens is 1. The molecule has 1 unspecified atom stereocenters. The highest BCUT2D eigenvalue weighted by molar-refractivity contribution is 5.79. The SMILES string of the molecule is CC(C)(C)OC(=O)C(COc1ccc2[nH]ncc2c1)ON. The number of nitrogens with zero attached hydrogens (tertiary/aromatic N) is 1. The summed E-state index contributed by atoms with van der Waals surface area (Å²) in [4.78, 5) is 16.5. The van der Waals surface area contributed by atoms with Crippen LogP contribution in [0.3, 0.4) is 0 Å². The molecule has 1 atom stereocenters. The lowest BCUT2D eigenvalue weighted by Gasteiger charge is -2.22. The standard InChI is InChI=1S/C14H19N3O4/c1-14(2,3)20-13(18)12(21-15)8-19-10-4-5-11-9(6-10)7-16-17-11/h4-7,12H,8,15H2,1-3H3,(H,16,17). The first-order chi connectivity index (χ1) is 9.89. The lowest BCUT2D eigenvalue weighted by Crippen LogP contribution is -2.38. The van der Waals surface area contributed by atoms with E-state index in [1.54, 1.807) is 33.0 Å². The highest BCUT2D eigenvalue weighted by atomic mass is 16.7. The van der Waals surface area contributed by atoms with Crippen molar-refractivity contribution in [1.82, 2.24) is 10.2 Å². The van der Waals surface area contributed by atoms with Crippen molar-refractivity contribution in [3.05, 3.63) is 24.4 Å². The van der Waals surface area contributed by atoms with E-state index in [1.165, 1.54) is 0 Å². The van der Waals surface area contributed by atoms with E-state index in [0.29, 0.717) is 5.75 Å². The molecular weight excluding hydrogens is 274 g/mol. The van der Waals surface area contributed by atoms with Gasteiger partial charge in [0.15, 0.2) is 0 Å². The number of carbonyl (C=O) groups excluding carboxylic acids is 1. The molecule has 0 saturated carbocycles. The van der Waals surface area contributed by atoms with Crippen molar-refractivity contribution in [3.8, 4) is 5.75 Å². The first kappa shape index (κ1) is 15.3. The highest BCUT2D eigenvalue weighted by Gasteiger charge is 2.26. The van der Waals surface area contributed by atoms with Crippen molar-refractivity contribution in [2.24, 2.45) is 5.90 Å². The van der Waals surface area contributed by atoms with Crippen LogP contribution in [0, 0.1) is 0 Å². The van der Waals surface area contributed by atoms with Gasteiger partial charge in [-0.3, -0.25) is 9.94 Å². The molecule has 0 radical (unpaired) electrons. The number of nitrogens with two attached hydrogens (primary N) is 1. The number of esters is 1. The molecule has 0 aliphatic carbocycles. The lowest BCUT2D eigenvalue weighted by atomic mass is 10.2. The number of carbonyl (C=O) groups is 1. The van der Waals surface area contributed by atoms with Crippen LogP contribution in [-0.4, -0.2) is 34.5 Å². The molecule has 0 aliphatic heterocycles. The molecule has 0 aliphatic rings. The number of aromatic nitrogens is 2. The first-order valence-corrected chi connectivity index (χ1v) is 6.53. The summed E-state index contributed by atoms with van der Waals surface area (Å²) in [5.41, 5.74) is 0.296. The van der Waals surface area contributed by atoms with Crippen LogP contribution in [-0.2, 0) is 14.4 Å². The fourth-order valence-electron chi connectivity index (χ4n) is 1.71. The Morgan fingerprint density at radius 2 is 2.19 bits per heavy atom. The Bertz CT molecular complexity index is 618. The number of ether oxygens (including phenoxy) is 2. The zero-order chi connectivity index (χ0) is 15.5. The summed E-state index contributed by atoms with van der Waals surface area (Å²) in [6.07, 6.45) is 0.705. The van der Waals surface area contributed by atoms with Gasteiger partial charge in [0, 0.05) is 5.39 Å². The second-order valence-electron chi connectivity index (χ2n) is 5.59. The molecule has 0 spiro atoms. The summed E-state index contributed by atoms with van der Waals surface area (Å²) in [6.45, 7) is 5.28. The normalized spacial score (nSPS) is 13.1. The third kappa shape index (κ3) is 4.17. The summed E-state index contributed by atoms with van der Waals surface area (Å²) in [5, 5.41) is 7.68. The van der Waals surface area contributed by atoms with Crippen LogP contribution in [0.1, 0.15) is 20.8 Å². The zero-order valence-electron chi connectivity index (χ0n) is 12.3. The van der Waals surface area contributed by atoms with Gasteiger partial charge in [0.25, 0.3) is 0 Å². The van der Waals surface area contributed by atoms with Crippen LogP contribution in [0.2, 0.25) is 0 Å². The monoisotopic (exact) mass is 293 g/mol. The van der Waals surface area contributed by atoms with Gasteiger partial charge < -0.3 is 9.47 Å². The number of hydrogen-bond acceptors (Lipinski definition) is 6. The van der Waals surface area contributed by atoms with Gasteiger partial charge >= 0.3 is 5.97 Å². The van der Waals surface area contributed by atoms with Gasteiger partial charge in [-0.1, -0.05) is 0 Å². The predicted molar refractivity (Wildman–Crippen MR) is 76.5 cm³/mol.